The Balaban J connectivity index is 4.32. The third-order valence-corrected chi connectivity index (χ3v) is 14.5. The first kappa shape index (κ1) is 64.3. The summed E-state index contributed by atoms with van der Waals surface area (Å²) in [5.41, 5.74) is -4.52. The van der Waals surface area contributed by atoms with E-state index in [1.165, 1.54) is 0 Å². The zero-order valence-corrected chi connectivity index (χ0v) is 47.9. The predicted octanol–water partition coefficient (Wildman–Crippen LogP) is 11.6. The van der Waals surface area contributed by atoms with Crippen LogP contribution in [0, 0.1) is 50.2 Å². The lowest BCUT2D eigenvalue weighted by Gasteiger charge is -2.37. The van der Waals surface area contributed by atoms with Gasteiger partial charge in [-0.3, -0.25) is 14.4 Å². The quantitative estimate of drug-likeness (QED) is 0.0774. The predicted molar refractivity (Wildman–Crippen MR) is 283 cm³/mol. The Morgan fingerprint density at radius 3 is 0.710 bits per heavy atom. The first-order valence-electron chi connectivity index (χ1n) is 26.8. The van der Waals surface area contributed by atoms with Crippen LogP contribution in [0.5, 0.6) is 0 Å². The Labute approximate surface area is 419 Å². The van der Waals surface area contributed by atoms with Crippen molar-refractivity contribution in [1.29, 1.82) is 0 Å². The lowest BCUT2D eigenvalue weighted by molar-refractivity contribution is -0.122. The fraction of sp³-hybridized carbons (Fsp3) is 0.895. The standard InChI is InChI=1S/C57H105N3O9/c1-22-43(61)40(31-25-28-37(55(13,14)15)46(64)34-52(4,5)6)58-49(67)59(41(44(62)23-2)32-26-29-38(56(16,17)18)47(65)35-53(7,8)9)51(69)60(50(58)68)42(45(63)24-3)33-27-30-39(57(19,20)21)48(66)36-54(10,11)12/h37-42,46-48,64-66H,22-36H2,1-21H3. The van der Waals surface area contributed by atoms with Gasteiger partial charge in [0.05, 0.1) is 18.3 Å². The average molecular weight is 976 g/mol. The summed E-state index contributed by atoms with van der Waals surface area (Å²) in [5.74, 6) is -1.71. The molecule has 12 nitrogen and oxygen atoms in total. The highest BCUT2D eigenvalue weighted by atomic mass is 16.3. The maximum Gasteiger partial charge on any atom is 0.337 e. The molecular weight excluding hydrogens is 871 g/mol. The number of ketones is 3. The van der Waals surface area contributed by atoms with E-state index in [9.17, 15) is 29.7 Å². The van der Waals surface area contributed by atoms with Crippen molar-refractivity contribution < 1.29 is 29.7 Å². The molecule has 0 fully saturated rings. The Kier molecular flexibility index (Phi) is 24.0. The summed E-state index contributed by atoms with van der Waals surface area (Å²) in [4.78, 5) is 88.3. The summed E-state index contributed by atoms with van der Waals surface area (Å²) in [6, 6.07) is -3.92. The fourth-order valence-electron chi connectivity index (χ4n) is 10.9. The molecule has 1 aromatic heterocycles. The molecule has 3 N–H and O–H groups in total. The number of aliphatic hydroxyl groups excluding tert-OH is 3. The Morgan fingerprint density at radius 2 is 0.565 bits per heavy atom. The van der Waals surface area contributed by atoms with Crippen LogP contribution in [0.1, 0.15) is 260 Å². The molecule has 1 rings (SSSR count). The van der Waals surface area contributed by atoms with Crippen LogP contribution in [0.4, 0.5) is 0 Å². The molecule has 1 aromatic rings. The lowest BCUT2D eigenvalue weighted by Crippen LogP contribution is -2.59. The van der Waals surface area contributed by atoms with E-state index in [-0.39, 0.29) is 88.8 Å². The summed E-state index contributed by atoms with van der Waals surface area (Å²) in [7, 11) is 0. The van der Waals surface area contributed by atoms with E-state index in [2.05, 4.69) is 125 Å². The lowest BCUT2D eigenvalue weighted by atomic mass is 9.71. The van der Waals surface area contributed by atoms with Crippen molar-refractivity contribution in [2.24, 2.45) is 50.2 Å². The fourth-order valence-corrected chi connectivity index (χ4v) is 10.9. The highest BCUT2D eigenvalue weighted by Gasteiger charge is 2.39. The van der Waals surface area contributed by atoms with Crippen LogP contribution < -0.4 is 17.1 Å². The number of hydrogen-bond acceptors (Lipinski definition) is 9. The van der Waals surface area contributed by atoms with E-state index in [1.807, 2.05) is 0 Å². The van der Waals surface area contributed by atoms with Gasteiger partial charge in [-0.25, -0.2) is 28.1 Å². The number of carbonyl (C=O) groups excluding carboxylic acids is 3. The number of hydrogen-bond donors (Lipinski definition) is 3. The SMILES string of the molecule is CCC(=O)C(CCCC(C(O)CC(C)(C)C)C(C)(C)C)n1c(=O)n(C(CCCC(C(O)CC(C)(C)C)C(C)(C)C)C(=O)CC)c(=O)n(C(CCCC(C(O)CC(C)(C)C)C(C)(C)C)C(=O)CC)c1=O. The van der Waals surface area contributed by atoms with Crippen molar-refractivity contribution in [3.63, 3.8) is 0 Å². The Morgan fingerprint density at radius 1 is 0.377 bits per heavy atom. The van der Waals surface area contributed by atoms with Crippen molar-refractivity contribution in [3.05, 3.63) is 31.5 Å². The van der Waals surface area contributed by atoms with Gasteiger partial charge in [0.2, 0.25) is 0 Å². The number of Topliss-reactive ketones (excluding diaryl/α,β-unsaturated/α-hetero) is 3. The van der Waals surface area contributed by atoms with Crippen LogP contribution in [-0.4, -0.2) is 64.7 Å². The molecule has 0 spiro atoms. The third-order valence-electron chi connectivity index (χ3n) is 14.5. The van der Waals surface area contributed by atoms with Gasteiger partial charge in [-0.2, -0.15) is 0 Å². The minimum Gasteiger partial charge on any atom is -0.393 e. The Bertz CT molecular complexity index is 1710. The minimum atomic E-state index is -1.31. The van der Waals surface area contributed by atoms with E-state index in [0.29, 0.717) is 57.8 Å². The summed E-state index contributed by atoms with van der Waals surface area (Å²) in [5, 5.41) is 34.6. The molecule has 9 atom stereocenters. The number of nitrogens with zero attached hydrogens (tertiary/aromatic N) is 3. The number of aromatic nitrogens is 3. The zero-order valence-electron chi connectivity index (χ0n) is 47.9. The van der Waals surface area contributed by atoms with Crippen LogP contribution in [-0.2, 0) is 14.4 Å². The van der Waals surface area contributed by atoms with Crippen LogP contribution in [0.15, 0.2) is 14.4 Å². The molecule has 0 aliphatic carbocycles. The van der Waals surface area contributed by atoms with E-state index in [0.717, 1.165) is 13.7 Å². The molecule has 0 aromatic carbocycles. The molecule has 0 saturated carbocycles. The van der Waals surface area contributed by atoms with E-state index < -0.39 is 70.9 Å². The first-order chi connectivity index (χ1) is 31.1. The zero-order chi connectivity index (χ0) is 54.0. The molecule has 0 radical (unpaired) electrons. The Hall–Kier alpha value is -2.70. The van der Waals surface area contributed by atoms with E-state index >= 15 is 14.4 Å². The van der Waals surface area contributed by atoms with Gasteiger partial charge in [0, 0.05) is 19.3 Å². The largest absolute Gasteiger partial charge is 0.393 e. The van der Waals surface area contributed by atoms with Crippen LogP contribution in [0.3, 0.4) is 0 Å². The van der Waals surface area contributed by atoms with E-state index in [1.54, 1.807) is 20.8 Å². The van der Waals surface area contributed by atoms with Crippen LogP contribution >= 0.6 is 0 Å². The third kappa shape index (κ3) is 20.0. The van der Waals surface area contributed by atoms with Gasteiger partial charge in [0.15, 0.2) is 17.3 Å². The van der Waals surface area contributed by atoms with Crippen molar-refractivity contribution in [3.8, 4) is 0 Å². The van der Waals surface area contributed by atoms with Gasteiger partial charge >= 0.3 is 17.1 Å². The molecule has 12 heteroatoms. The van der Waals surface area contributed by atoms with Crippen molar-refractivity contribution in [2.45, 2.75) is 278 Å². The van der Waals surface area contributed by atoms with Crippen LogP contribution in [0.2, 0.25) is 0 Å². The van der Waals surface area contributed by atoms with Crippen molar-refractivity contribution in [2.75, 3.05) is 0 Å². The maximum atomic E-state index is 15.2. The molecule has 0 aliphatic heterocycles. The van der Waals surface area contributed by atoms with Gasteiger partial charge in [0.1, 0.15) is 18.1 Å². The first-order valence-corrected chi connectivity index (χ1v) is 26.8. The molecule has 69 heavy (non-hydrogen) atoms. The number of carbonyl (C=O) groups is 3. The highest BCUT2D eigenvalue weighted by Crippen LogP contribution is 2.41. The minimum absolute atomic E-state index is 0.0180. The number of aliphatic hydroxyl groups is 3. The smallest absolute Gasteiger partial charge is 0.337 e. The topological polar surface area (TPSA) is 178 Å². The molecule has 0 bridgehead atoms. The molecular formula is C57H105N3O9. The maximum absolute atomic E-state index is 15.2. The molecule has 0 aliphatic rings. The molecule has 0 amide bonds. The van der Waals surface area contributed by atoms with Gasteiger partial charge in [-0.05, 0) is 108 Å². The molecule has 9 unspecified atom stereocenters. The molecule has 0 saturated heterocycles. The van der Waals surface area contributed by atoms with Gasteiger partial charge in [0.25, 0.3) is 0 Å². The van der Waals surface area contributed by atoms with Crippen molar-refractivity contribution >= 4 is 17.3 Å². The van der Waals surface area contributed by atoms with Gasteiger partial charge in [-0.1, -0.05) is 165 Å². The normalized spacial score (nSPS) is 17.4. The second-order valence-corrected chi connectivity index (χ2v) is 27.7. The summed E-state index contributed by atoms with van der Waals surface area (Å²) in [6.45, 7) is 42.2. The summed E-state index contributed by atoms with van der Waals surface area (Å²) < 4.78 is 2.56. The van der Waals surface area contributed by atoms with Crippen molar-refractivity contribution in [1.82, 2.24) is 13.7 Å². The highest BCUT2D eigenvalue weighted by molar-refractivity contribution is 5.83. The summed E-state index contributed by atoms with van der Waals surface area (Å²) in [6.07, 6.45) is 2.46. The molecule has 402 valence electrons. The molecule has 1 heterocycles. The second kappa shape index (κ2) is 25.8. The van der Waals surface area contributed by atoms with Gasteiger partial charge in [-0.15, -0.1) is 0 Å². The monoisotopic (exact) mass is 976 g/mol. The number of rotatable bonds is 27. The second-order valence-electron chi connectivity index (χ2n) is 27.7. The average Bonchev–Trinajstić information content (AvgIpc) is 3.15. The summed E-state index contributed by atoms with van der Waals surface area (Å²) >= 11 is 0. The van der Waals surface area contributed by atoms with E-state index in [4.69, 9.17) is 0 Å². The van der Waals surface area contributed by atoms with Gasteiger partial charge < -0.3 is 15.3 Å². The van der Waals surface area contributed by atoms with Crippen LogP contribution in [0.25, 0.3) is 0 Å².